The first-order chi connectivity index (χ1) is 13.2. The third-order valence-corrected chi connectivity index (χ3v) is 4.10. The SMILES string of the molecule is CC(=O)Nc1cc2c(Nc3cccc(C(F)(F)F)c3)c(C#N)cnc2cc1C. The van der Waals surface area contributed by atoms with E-state index in [1.807, 2.05) is 6.07 Å². The third kappa shape index (κ3) is 3.88. The predicted octanol–water partition coefficient (Wildman–Crippen LogP) is 5.14. The van der Waals surface area contributed by atoms with Gasteiger partial charge in [0.1, 0.15) is 6.07 Å². The second-order valence-electron chi connectivity index (χ2n) is 6.23. The van der Waals surface area contributed by atoms with Crippen LogP contribution >= 0.6 is 0 Å². The molecule has 5 nitrogen and oxygen atoms in total. The second-order valence-corrected chi connectivity index (χ2v) is 6.23. The number of rotatable bonds is 3. The molecule has 142 valence electrons. The normalized spacial score (nSPS) is 11.1. The Morgan fingerprint density at radius 3 is 2.61 bits per heavy atom. The lowest BCUT2D eigenvalue weighted by Crippen LogP contribution is -2.08. The number of aryl methyl sites for hydroxylation is 1. The van der Waals surface area contributed by atoms with Gasteiger partial charge >= 0.3 is 6.18 Å². The molecule has 1 amide bonds. The molecule has 0 unspecified atom stereocenters. The molecule has 2 aromatic carbocycles. The average Bonchev–Trinajstić information content (AvgIpc) is 2.62. The molecule has 0 saturated heterocycles. The molecule has 0 saturated carbocycles. The molecule has 3 rings (SSSR count). The van der Waals surface area contributed by atoms with Gasteiger partial charge in [-0.05, 0) is 42.8 Å². The topological polar surface area (TPSA) is 77.8 Å². The summed E-state index contributed by atoms with van der Waals surface area (Å²) >= 11 is 0. The maximum absolute atomic E-state index is 13.0. The Morgan fingerprint density at radius 1 is 1.21 bits per heavy atom. The number of anilines is 3. The van der Waals surface area contributed by atoms with Crippen LogP contribution in [-0.2, 0) is 11.0 Å². The molecule has 0 radical (unpaired) electrons. The minimum absolute atomic E-state index is 0.169. The molecule has 1 aromatic heterocycles. The molecule has 0 spiro atoms. The van der Waals surface area contributed by atoms with Crippen molar-refractivity contribution >= 4 is 33.9 Å². The van der Waals surface area contributed by atoms with Gasteiger partial charge in [-0.1, -0.05) is 6.07 Å². The number of nitriles is 1. The average molecular weight is 384 g/mol. The molecular formula is C20H15F3N4O. The van der Waals surface area contributed by atoms with E-state index in [2.05, 4.69) is 15.6 Å². The first kappa shape index (κ1) is 19.2. The van der Waals surface area contributed by atoms with E-state index < -0.39 is 11.7 Å². The summed E-state index contributed by atoms with van der Waals surface area (Å²) < 4.78 is 39.0. The predicted molar refractivity (Wildman–Crippen MR) is 100 cm³/mol. The summed E-state index contributed by atoms with van der Waals surface area (Å²) in [6.07, 6.45) is -3.12. The van der Waals surface area contributed by atoms with E-state index in [1.165, 1.54) is 25.3 Å². The van der Waals surface area contributed by atoms with Crippen molar-refractivity contribution in [3.8, 4) is 6.07 Å². The largest absolute Gasteiger partial charge is 0.416 e. The van der Waals surface area contributed by atoms with E-state index in [1.54, 1.807) is 19.1 Å². The van der Waals surface area contributed by atoms with Crippen molar-refractivity contribution in [1.82, 2.24) is 4.98 Å². The summed E-state index contributed by atoms with van der Waals surface area (Å²) in [5.74, 6) is -0.265. The number of hydrogen-bond donors (Lipinski definition) is 2. The third-order valence-electron chi connectivity index (χ3n) is 4.10. The number of hydrogen-bond acceptors (Lipinski definition) is 4. The second kappa shape index (κ2) is 7.19. The maximum Gasteiger partial charge on any atom is 0.416 e. The van der Waals surface area contributed by atoms with Crippen molar-refractivity contribution in [2.24, 2.45) is 0 Å². The van der Waals surface area contributed by atoms with Gasteiger partial charge in [-0.15, -0.1) is 0 Å². The standard InChI is InChI=1S/C20H15F3N4O/c1-11-6-18-16(8-17(11)26-12(2)28)19(13(9-24)10-25-18)27-15-5-3-4-14(7-15)20(21,22)23/h3-8,10H,1-2H3,(H,25,27)(H,26,28). The summed E-state index contributed by atoms with van der Waals surface area (Å²) in [7, 11) is 0. The number of carbonyl (C=O) groups excluding carboxylic acids is 1. The van der Waals surface area contributed by atoms with Gasteiger partial charge in [0.2, 0.25) is 5.91 Å². The van der Waals surface area contributed by atoms with Gasteiger partial charge in [-0.2, -0.15) is 18.4 Å². The summed E-state index contributed by atoms with van der Waals surface area (Å²) in [6, 6.07) is 10.1. The number of alkyl halides is 3. The lowest BCUT2D eigenvalue weighted by Gasteiger charge is -2.15. The molecule has 0 aliphatic rings. The van der Waals surface area contributed by atoms with Gasteiger partial charge in [0, 0.05) is 29.9 Å². The van der Waals surface area contributed by atoms with Crippen molar-refractivity contribution in [2.75, 3.05) is 10.6 Å². The van der Waals surface area contributed by atoms with Gasteiger partial charge in [-0.25, -0.2) is 0 Å². The van der Waals surface area contributed by atoms with Crippen LogP contribution in [0.15, 0.2) is 42.6 Å². The molecule has 28 heavy (non-hydrogen) atoms. The number of amides is 1. The minimum Gasteiger partial charge on any atom is -0.354 e. The van der Waals surface area contributed by atoms with Gasteiger partial charge in [0.25, 0.3) is 0 Å². The minimum atomic E-state index is -4.48. The molecule has 1 heterocycles. The van der Waals surface area contributed by atoms with E-state index in [0.717, 1.165) is 17.7 Å². The van der Waals surface area contributed by atoms with E-state index in [-0.39, 0.29) is 17.2 Å². The highest BCUT2D eigenvalue weighted by Crippen LogP contribution is 2.35. The number of pyridine rings is 1. The summed E-state index contributed by atoms with van der Waals surface area (Å²) in [5, 5.41) is 15.5. The summed E-state index contributed by atoms with van der Waals surface area (Å²) in [4.78, 5) is 15.7. The van der Waals surface area contributed by atoms with Crippen molar-refractivity contribution in [1.29, 1.82) is 5.26 Å². The van der Waals surface area contributed by atoms with Crippen LogP contribution < -0.4 is 10.6 Å². The van der Waals surface area contributed by atoms with Gasteiger partial charge in [0.05, 0.1) is 22.3 Å². The van der Waals surface area contributed by atoms with Crippen LogP contribution in [0.2, 0.25) is 0 Å². The van der Waals surface area contributed by atoms with Crippen LogP contribution in [0.3, 0.4) is 0 Å². The summed E-state index contributed by atoms with van der Waals surface area (Å²) in [6.45, 7) is 3.17. The van der Waals surface area contributed by atoms with Crippen molar-refractivity contribution in [2.45, 2.75) is 20.0 Å². The quantitative estimate of drug-likeness (QED) is 0.656. The smallest absolute Gasteiger partial charge is 0.354 e. The Morgan fingerprint density at radius 2 is 1.96 bits per heavy atom. The summed E-state index contributed by atoms with van der Waals surface area (Å²) in [5.41, 5.74) is 1.71. The van der Waals surface area contributed by atoms with Crippen molar-refractivity contribution in [3.63, 3.8) is 0 Å². The van der Waals surface area contributed by atoms with Crippen LogP contribution in [0.25, 0.3) is 10.9 Å². The lowest BCUT2D eigenvalue weighted by molar-refractivity contribution is -0.137. The monoisotopic (exact) mass is 384 g/mol. The van der Waals surface area contributed by atoms with Gasteiger partial charge in [0.15, 0.2) is 0 Å². The Labute approximate surface area is 158 Å². The van der Waals surface area contributed by atoms with Crippen molar-refractivity contribution < 1.29 is 18.0 Å². The zero-order valence-corrected chi connectivity index (χ0v) is 15.0. The van der Waals surface area contributed by atoms with Crippen LogP contribution in [0.5, 0.6) is 0 Å². The zero-order valence-electron chi connectivity index (χ0n) is 15.0. The van der Waals surface area contributed by atoms with Crippen LogP contribution in [0, 0.1) is 18.3 Å². The van der Waals surface area contributed by atoms with E-state index >= 15 is 0 Å². The highest BCUT2D eigenvalue weighted by atomic mass is 19.4. The Kier molecular flexibility index (Phi) is 4.92. The highest BCUT2D eigenvalue weighted by Gasteiger charge is 2.30. The molecule has 2 N–H and O–H groups in total. The highest BCUT2D eigenvalue weighted by molar-refractivity contribution is 6.00. The first-order valence-electron chi connectivity index (χ1n) is 8.24. The van der Waals surface area contributed by atoms with E-state index in [4.69, 9.17) is 0 Å². The van der Waals surface area contributed by atoms with Gasteiger partial charge in [-0.3, -0.25) is 9.78 Å². The Bertz CT molecular complexity index is 1120. The van der Waals surface area contributed by atoms with Crippen LogP contribution in [0.1, 0.15) is 23.6 Å². The Hall–Kier alpha value is -3.60. The Balaban J connectivity index is 2.16. The molecule has 0 bridgehead atoms. The molecule has 0 atom stereocenters. The number of benzene rings is 2. The molecule has 0 aliphatic heterocycles. The molecule has 0 aliphatic carbocycles. The number of nitrogens with zero attached hydrogens (tertiary/aromatic N) is 2. The maximum atomic E-state index is 13.0. The van der Waals surface area contributed by atoms with Crippen molar-refractivity contribution in [3.05, 3.63) is 59.3 Å². The number of carbonyl (C=O) groups is 1. The molecule has 0 fully saturated rings. The fraction of sp³-hybridized carbons (Fsp3) is 0.150. The van der Waals surface area contributed by atoms with Crippen LogP contribution in [-0.4, -0.2) is 10.9 Å². The fourth-order valence-corrected chi connectivity index (χ4v) is 2.80. The molecular weight excluding hydrogens is 369 g/mol. The lowest BCUT2D eigenvalue weighted by atomic mass is 10.0. The number of halogens is 3. The van der Waals surface area contributed by atoms with E-state index in [9.17, 15) is 23.2 Å². The number of aromatic nitrogens is 1. The molecule has 3 aromatic rings. The van der Waals surface area contributed by atoms with Gasteiger partial charge < -0.3 is 10.6 Å². The fourth-order valence-electron chi connectivity index (χ4n) is 2.80. The van der Waals surface area contributed by atoms with E-state index in [0.29, 0.717) is 22.3 Å². The zero-order chi connectivity index (χ0) is 20.5. The first-order valence-corrected chi connectivity index (χ1v) is 8.24. The van der Waals surface area contributed by atoms with Crippen LogP contribution in [0.4, 0.5) is 30.2 Å². The number of fused-ring (bicyclic) bond motifs is 1. The molecule has 8 heteroatoms. The number of nitrogens with one attached hydrogen (secondary N) is 2.